The van der Waals surface area contributed by atoms with Gasteiger partial charge in [0.1, 0.15) is 6.61 Å². The zero-order valence-electron chi connectivity index (χ0n) is 14.1. The van der Waals surface area contributed by atoms with Crippen LogP contribution in [-0.2, 0) is 4.74 Å². The van der Waals surface area contributed by atoms with E-state index in [1.54, 1.807) is 30.3 Å². The molecule has 4 nitrogen and oxygen atoms in total. The molecule has 0 unspecified atom stereocenters. The number of cyclic esters (lactones) is 1. The summed E-state index contributed by atoms with van der Waals surface area (Å²) in [6, 6.07) is 21.2. The number of hydrogen-bond acceptors (Lipinski definition) is 3. The number of carbonyl (C=O) groups excluding carboxylic acids is 2. The van der Waals surface area contributed by atoms with Crippen LogP contribution in [0.15, 0.2) is 72.8 Å². The number of ether oxygens (including phenoxy) is 1. The Kier molecular flexibility index (Phi) is 4.23. The second kappa shape index (κ2) is 6.84. The Morgan fingerprint density at radius 2 is 1.81 bits per heavy atom. The Balaban J connectivity index is 1.55. The van der Waals surface area contributed by atoms with Gasteiger partial charge >= 0.3 is 6.09 Å². The highest BCUT2D eigenvalue weighted by atomic mass is 16.6. The Morgan fingerprint density at radius 3 is 2.62 bits per heavy atom. The summed E-state index contributed by atoms with van der Waals surface area (Å²) in [6.07, 6.45) is 3.00. The molecule has 0 radical (unpaired) electrons. The highest BCUT2D eigenvalue weighted by Crippen LogP contribution is 2.21. The standard InChI is InChI=1S/C22H17NO3/c24-21(11-9-16-8-10-17-4-1-2-5-18(17)14-16)19-6-3-7-20(15-19)23-12-13-26-22(23)25/h1-11,14-15H,12-13H2/b11-9+. The monoisotopic (exact) mass is 343 g/mol. The van der Waals surface area contributed by atoms with Crippen LogP contribution in [0.4, 0.5) is 10.5 Å². The maximum absolute atomic E-state index is 12.5. The summed E-state index contributed by atoms with van der Waals surface area (Å²) in [5.41, 5.74) is 2.19. The van der Waals surface area contributed by atoms with E-state index in [2.05, 4.69) is 12.1 Å². The van der Waals surface area contributed by atoms with Crippen LogP contribution in [0.25, 0.3) is 16.8 Å². The molecule has 1 aliphatic heterocycles. The zero-order chi connectivity index (χ0) is 17.9. The van der Waals surface area contributed by atoms with Crippen molar-refractivity contribution in [1.82, 2.24) is 0 Å². The van der Waals surface area contributed by atoms with Crippen molar-refractivity contribution >= 4 is 34.4 Å². The van der Waals surface area contributed by atoms with Crippen molar-refractivity contribution in [3.8, 4) is 0 Å². The lowest BCUT2D eigenvalue weighted by atomic mass is 10.0. The summed E-state index contributed by atoms with van der Waals surface area (Å²) in [7, 11) is 0. The van der Waals surface area contributed by atoms with Gasteiger partial charge in [-0.2, -0.15) is 0 Å². The fraction of sp³-hybridized carbons (Fsp3) is 0.0909. The second-order valence-corrected chi connectivity index (χ2v) is 6.12. The predicted molar refractivity (Wildman–Crippen MR) is 102 cm³/mol. The molecule has 0 spiro atoms. The Hall–Kier alpha value is -3.40. The second-order valence-electron chi connectivity index (χ2n) is 6.12. The molecule has 1 saturated heterocycles. The van der Waals surface area contributed by atoms with Crippen LogP contribution in [0, 0.1) is 0 Å². The molecule has 26 heavy (non-hydrogen) atoms. The van der Waals surface area contributed by atoms with Gasteiger partial charge in [-0.1, -0.05) is 54.6 Å². The molecule has 3 aromatic rings. The van der Waals surface area contributed by atoms with Crippen LogP contribution in [0.1, 0.15) is 15.9 Å². The third-order valence-electron chi connectivity index (χ3n) is 4.40. The Morgan fingerprint density at radius 1 is 0.962 bits per heavy atom. The lowest BCUT2D eigenvalue weighted by Gasteiger charge is -2.13. The zero-order valence-corrected chi connectivity index (χ0v) is 14.1. The first kappa shape index (κ1) is 16.1. The lowest BCUT2D eigenvalue weighted by Crippen LogP contribution is -2.23. The highest BCUT2D eigenvalue weighted by molar-refractivity contribution is 6.08. The van der Waals surface area contributed by atoms with Crippen molar-refractivity contribution in [2.45, 2.75) is 0 Å². The van der Waals surface area contributed by atoms with E-state index in [0.717, 1.165) is 10.9 Å². The summed E-state index contributed by atoms with van der Waals surface area (Å²) in [5, 5.41) is 2.30. The van der Waals surface area contributed by atoms with Gasteiger partial charge in [0.25, 0.3) is 0 Å². The average molecular weight is 343 g/mol. The third-order valence-corrected chi connectivity index (χ3v) is 4.40. The number of allylic oxidation sites excluding steroid dienone is 1. The van der Waals surface area contributed by atoms with Crippen LogP contribution < -0.4 is 4.90 Å². The molecule has 4 heteroatoms. The predicted octanol–water partition coefficient (Wildman–Crippen LogP) is 4.69. The molecule has 1 amide bonds. The summed E-state index contributed by atoms with van der Waals surface area (Å²) >= 11 is 0. The van der Waals surface area contributed by atoms with E-state index in [1.807, 2.05) is 36.4 Å². The number of benzene rings is 3. The molecule has 128 valence electrons. The first-order chi connectivity index (χ1) is 12.7. The van der Waals surface area contributed by atoms with Crippen LogP contribution in [-0.4, -0.2) is 25.0 Å². The number of amides is 1. The molecule has 0 atom stereocenters. The molecule has 1 fully saturated rings. The van der Waals surface area contributed by atoms with Crippen LogP contribution in [0.3, 0.4) is 0 Å². The Labute approximate surface area is 151 Å². The van der Waals surface area contributed by atoms with Crippen molar-refractivity contribution in [3.05, 3.63) is 83.9 Å². The number of fused-ring (bicyclic) bond motifs is 1. The van der Waals surface area contributed by atoms with Gasteiger partial charge in [-0.05, 0) is 40.6 Å². The van der Waals surface area contributed by atoms with E-state index in [4.69, 9.17) is 4.74 Å². The van der Waals surface area contributed by atoms with Crippen LogP contribution in [0.2, 0.25) is 0 Å². The first-order valence-corrected chi connectivity index (χ1v) is 8.46. The van der Waals surface area contributed by atoms with Gasteiger partial charge in [-0.15, -0.1) is 0 Å². The van der Waals surface area contributed by atoms with Gasteiger partial charge in [0, 0.05) is 11.3 Å². The maximum atomic E-state index is 12.5. The number of anilines is 1. The smallest absolute Gasteiger partial charge is 0.414 e. The minimum atomic E-state index is -0.374. The van der Waals surface area contributed by atoms with Crippen molar-refractivity contribution in [2.75, 3.05) is 18.1 Å². The largest absolute Gasteiger partial charge is 0.447 e. The van der Waals surface area contributed by atoms with Gasteiger partial charge in [0.05, 0.1) is 6.54 Å². The Bertz CT molecular complexity index is 1020. The molecule has 0 N–H and O–H groups in total. The molecular weight excluding hydrogens is 326 g/mol. The summed E-state index contributed by atoms with van der Waals surface area (Å²) in [6.45, 7) is 0.877. The maximum Gasteiger partial charge on any atom is 0.414 e. The number of hydrogen-bond donors (Lipinski definition) is 0. The van der Waals surface area contributed by atoms with Gasteiger partial charge in [0.15, 0.2) is 5.78 Å². The molecule has 1 aliphatic rings. The average Bonchev–Trinajstić information content (AvgIpc) is 3.12. The number of nitrogens with zero attached hydrogens (tertiary/aromatic N) is 1. The van der Waals surface area contributed by atoms with Crippen LogP contribution in [0.5, 0.6) is 0 Å². The van der Waals surface area contributed by atoms with E-state index < -0.39 is 0 Å². The number of rotatable bonds is 4. The van der Waals surface area contributed by atoms with Crippen molar-refractivity contribution in [3.63, 3.8) is 0 Å². The third kappa shape index (κ3) is 3.22. The summed E-state index contributed by atoms with van der Waals surface area (Å²) < 4.78 is 4.95. The fourth-order valence-corrected chi connectivity index (χ4v) is 3.03. The van der Waals surface area contributed by atoms with Gasteiger partial charge in [-0.25, -0.2) is 4.79 Å². The lowest BCUT2D eigenvalue weighted by molar-refractivity contribution is 0.104. The first-order valence-electron chi connectivity index (χ1n) is 8.46. The summed E-state index contributed by atoms with van der Waals surface area (Å²) in [5.74, 6) is -0.104. The van der Waals surface area contributed by atoms with Crippen molar-refractivity contribution in [2.24, 2.45) is 0 Å². The van der Waals surface area contributed by atoms with E-state index in [9.17, 15) is 9.59 Å². The topological polar surface area (TPSA) is 46.6 Å². The molecule has 0 bridgehead atoms. The van der Waals surface area contributed by atoms with E-state index >= 15 is 0 Å². The van der Waals surface area contributed by atoms with E-state index in [1.165, 1.54) is 10.3 Å². The minimum absolute atomic E-state index is 0.104. The van der Waals surface area contributed by atoms with Gasteiger partial charge in [-0.3, -0.25) is 9.69 Å². The number of ketones is 1. The fourth-order valence-electron chi connectivity index (χ4n) is 3.03. The molecule has 3 aromatic carbocycles. The van der Waals surface area contributed by atoms with Gasteiger partial charge in [0.2, 0.25) is 0 Å². The van der Waals surface area contributed by atoms with E-state index in [-0.39, 0.29) is 11.9 Å². The molecular formula is C22H17NO3. The molecule has 0 aliphatic carbocycles. The van der Waals surface area contributed by atoms with Crippen molar-refractivity contribution in [1.29, 1.82) is 0 Å². The molecule has 0 saturated carbocycles. The van der Waals surface area contributed by atoms with Crippen LogP contribution >= 0.6 is 0 Å². The quantitative estimate of drug-likeness (QED) is 0.510. The summed E-state index contributed by atoms with van der Waals surface area (Å²) in [4.78, 5) is 25.7. The minimum Gasteiger partial charge on any atom is -0.447 e. The van der Waals surface area contributed by atoms with E-state index in [0.29, 0.717) is 24.4 Å². The van der Waals surface area contributed by atoms with Crippen molar-refractivity contribution < 1.29 is 14.3 Å². The molecule has 1 heterocycles. The number of carbonyl (C=O) groups is 2. The molecule has 4 rings (SSSR count). The van der Waals surface area contributed by atoms with Gasteiger partial charge < -0.3 is 4.74 Å². The normalized spacial score (nSPS) is 14.2. The highest BCUT2D eigenvalue weighted by Gasteiger charge is 2.23. The SMILES string of the molecule is O=C(/C=C/c1ccc2ccccc2c1)c1cccc(N2CCOC2=O)c1. The molecule has 0 aromatic heterocycles.